The van der Waals surface area contributed by atoms with E-state index in [2.05, 4.69) is 18.9 Å². The topological polar surface area (TPSA) is 60.9 Å². The van der Waals surface area contributed by atoms with E-state index in [-0.39, 0.29) is 11.8 Å². The first-order chi connectivity index (χ1) is 8.60. The second-order valence-corrected chi connectivity index (χ2v) is 4.76. The van der Waals surface area contributed by atoms with Gasteiger partial charge in [-0.2, -0.15) is 5.10 Å². The summed E-state index contributed by atoms with van der Waals surface area (Å²) in [6, 6.07) is 2.04. The third-order valence-electron chi connectivity index (χ3n) is 3.10. The number of hydrogen-bond donors (Lipinski definition) is 1. The lowest BCUT2D eigenvalue weighted by molar-refractivity contribution is -0.118. The molecular formula is C14H25N3O. The molecule has 1 atom stereocenters. The molecule has 1 unspecified atom stereocenters. The van der Waals surface area contributed by atoms with Crippen LogP contribution in [-0.2, 0) is 24.2 Å². The second-order valence-electron chi connectivity index (χ2n) is 4.76. The van der Waals surface area contributed by atoms with E-state index in [4.69, 9.17) is 5.73 Å². The van der Waals surface area contributed by atoms with E-state index in [9.17, 15) is 4.79 Å². The van der Waals surface area contributed by atoms with Gasteiger partial charge in [0.2, 0.25) is 0 Å². The van der Waals surface area contributed by atoms with Crippen LogP contribution in [0.5, 0.6) is 0 Å². The van der Waals surface area contributed by atoms with Crippen molar-refractivity contribution in [2.75, 3.05) is 0 Å². The molecule has 4 heteroatoms. The van der Waals surface area contributed by atoms with Crippen molar-refractivity contribution in [1.82, 2.24) is 9.78 Å². The Morgan fingerprint density at radius 2 is 2.17 bits per heavy atom. The van der Waals surface area contributed by atoms with Gasteiger partial charge in [0.05, 0.1) is 5.69 Å². The first-order valence-electron chi connectivity index (χ1n) is 6.93. The molecule has 1 rings (SSSR count). The Balaban J connectivity index is 2.60. The normalized spacial score (nSPS) is 12.7. The average molecular weight is 251 g/mol. The first-order valence-corrected chi connectivity index (χ1v) is 6.93. The Hall–Kier alpha value is -1.16. The van der Waals surface area contributed by atoms with Crippen LogP contribution in [0.3, 0.4) is 0 Å². The molecule has 2 N–H and O–H groups in total. The maximum atomic E-state index is 11.9. The maximum Gasteiger partial charge on any atom is 0.140 e. The number of hydrogen-bond acceptors (Lipinski definition) is 3. The minimum Gasteiger partial charge on any atom is -0.327 e. The molecule has 102 valence electrons. The highest BCUT2D eigenvalue weighted by atomic mass is 16.1. The van der Waals surface area contributed by atoms with E-state index in [1.165, 1.54) is 0 Å². The summed E-state index contributed by atoms with van der Waals surface area (Å²) < 4.78 is 1.92. The number of aromatic nitrogens is 2. The van der Waals surface area contributed by atoms with Crippen LogP contribution in [0.2, 0.25) is 0 Å². The Bertz CT molecular complexity index is 384. The van der Waals surface area contributed by atoms with Crippen molar-refractivity contribution in [3.63, 3.8) is 0 Å². The second kappa shape index (κ2) is 7.31. The summed E-state index contributed by atoms with van der Waals surface area (Å²) in [6.07, 6.45) is 3.78. The molecule has 0 amide bonds. The summed E-state index contributed by atoms with van der Waals surface area (Å²) in [5.74, 6) is 0.216. The van der Waals surface area contributed by atoms with Gasteiger partial charge in [-0.1, -0.05) is 20.3 Å². The first kappa shape index (κ1) is 14.9. The number of aryl methyl sites for hydroxylation is 2. The zero-order valence-corrected chi connectivity index (χ0v) is 11.8. The Morgan fingerprint density at radius 1 is 1.44 bits per heavy atom. The minimum absolute atomic E-state index is 0.00569. The lowest BCUT2D eigenvalue weighted by atomic mass is 10.0. The van der Waals surface area contributed by atoms with Gasteiger partial charge in [-0.3, -0.25) is 9.48 Å². The number of rotatable bonds is 8. The van der Waals surface area contributed by atoms with Crippen LogP contribution in [0.4, 0.5) is 0 Å². The average Bonchev–Trinajstić information content (AvgIpc) is 2.71. The fraction of sp³-hybridized carbons (Fsp3) is 0.714. The number of carbonyl (C=O) groups is 1. The summed E-state index contributed by atoms with van der Waals surface area (Å²) >= 11 is 0. The van der Waals surface area contributed by atoms with Crippen LogP contribution in [-0.4, -0.2) is 21.6 Å². The molecule has 4 nitrogen and oxygen atoms in total. The van der Waals surface area contributed by atoms with Crippen molar-refractivity contribution in [2.24, 2.45) is 5.73 Å². The van der Waals surface area contributed by atoms with E-state index < -0.39 is 0 Å². The van der Waals surface area contributed by atoms with Gasteiger partial charge >= 0.3 is 0 Å². The molecule has 18 heavy (non-hydrogen) atoms. The van der Waals surface area contributed by atoms with E-state index in [0.717, 1.165) is 37.2 Å². The van der Waals surface area contributed by atoms with Gasteiger partial charge in [-0.05, 0) is 25.8 Å². The van der Waals surface area contributed by atoms with E-state index in [1.807, 2.05) is 17.7 Å². The van der Waals surface area contributed by atoms with Crippen LogP contribution >= 0.6 is 0 Å². The summed E-state index contributed by atoms with van der Waals surface area (Å²) in [6.45, 7) is 7.02. The maximum absolute atomic E-state index is 11.9. The van der Waals surface area contributed by atoms with Gasteiger partial charge in [0, 0.05) is 31.1 Å². The van der Waals surface area contributed by atoms with Crippen molar-refractivity contribution < 1.29 is 4.79 Å². The summed E-state index contributed by atoms with van der Waals surface area (Å²) in [4.78, 5) is 11.9. The van der Waals surface area contributed by atoms with Crippen LogP contribution in [0.25, 0.3) is 0 Å². The Kier molecular flexibility index (Phi) is 6.05. The SMILES string of the molecule is CCCC(N)CC(=O)Cc1cc(CC)nn1CC. The fourth-order valence-corrected chi connectivity index (χ4v) is 2.14. The van der Waals surface area contributed by atoms with E-state index in [1.54, 1.807) is 0 Å². The van der Waals surface area contributed by atoms with Crippen LogP contribution in [0.15, 0.2) is 6.07 Å². The molecule has 0 saturated carbocycles. The van der Waals surface area contributed by atoms with Crippen LogP contribution < -0.4 is 5.73 Å². The molecular weight excluding hydrogens is 226 g/mol. The summed E-state index contributed by atoms with van der Waals surface area (Å²) in [5.41, 5.74) is 7.97. The number of carbonyl (C=O) groups excluding carboxylic acids is 1. The quantitative estimate of drug-likeness (QED) is 0.769. The standard InChI is InChI=1S/C14H25N3O/c1-4-7-11(15)8-14(18)10-13-9-12(5-2)16-17(13)6-3/h9,11H,4-8,10,15H2,1-3H3. The molecule has 0 aromatic carbocycles. The smallest absolute Gasteiger partial charge is 0.140 e. The van der Waals surface area contributed by atoms with Gasteiger partial charge in [0.1, 0.15) is 5.78 Å². The lowest BCUT2D eigenvalue weighted by Gasteiger charge is -2.09. The number of ketones is 1. The van der Waals surface area contributed by atoms with E-state index in [0.29, 0.717) is 12.8 Å². The molecule has 0 saturated heterocycles. The molecule has 0 aliphatic heterocycles. The lowest BCUT2D eigenvalue weighted by Crippen LogP contribution is -2.24. The van der Waals surface area contributed by atoms with Crippen LogP contribution in [0, 0.1) is 0 Å². The summed E-state index contributed by atoms with van der Waals surface area (Å²) in [7, 11) is 0. The number of Topliss-reactive ketones (excluding diaryl/α,β-unsaturated/α-hetero) is 1. The zero-order valence-electron chi connectivity index (χ0n) is 11.8. The molecule has 0 aliphatic rings. The van der Waals surface area contributed by atoms with Crippen molar-refractivity contribution >= 4 is 5.78 Å². The highest BCUT2D eigenvalue weighted by Crippen LogP contribution is 2.09. The van der Waals surface area contributed by atoms with Gasteiger partial charge in [0.15, 0.2) is 0 Å². The predicted octanol–water partition coefficient (Wildman–Crippen LogP) is 2.09. The highest BCUT2D eigenvalue weighted by Gasteiger charge is 2.13. The van der Waals surface area contributed by atoms with Gasteiger partial charge in [-0.25, -0.2) is 0 Å². The molecule has 0 bridgehead atoms. The van der Waals surface area contributed by atoms with Crippen molar-refractivity contribution in [1.29, 1.82) is 0 Å². The van der Waals surface area contributed by atoms with Gasteiger partial charge < -0.3 is 5.73 Å². The Labute approximate surface area is 110 Å². The fourth-order valence-electron chi connectivity index (χ4n) is 2.14. The molecule has 0 spiro atoms. The number of nitrogens with two attached hydrogens (primary N) is 1. The van der Waals surface area contributed by atoms with Crippen molar-refractivity contribution in [3.8, 4) is 0 Å². The monoisotopic (exact) mass is 251 g/mol. The molecule has 1 aromatic rings. The molecule has 0 radical (unpaired) electrons. The highest BCUT2D eigenvalue weighted by molar-refractivity contribution is 5.81. The van der Waals surface area contributed by atoms with E-state index >= 15 is 0 Å². The molecule has 1 aromatic heterocycles. The molecule has 0 aliphatic carbocycles. The molecule has 1 heterocycles. The third-order valence-corrected chi connectivity index (χ3v) is 3.10. The van der Waals surface area contributed by atoms with Gasteiger partial charge in [-0.15, -0.1) is 0 Å². The van der Waals surface area contributed by atoms with Crippen LogP contribution in [0.1, 0.15) is 51.4 Å². The van der Waals surface area contributed by atoms with Gasteiger partial charge in [0.25, 0.3) is 0 Å². The summed E-state index contributed by atoms with van der Waals surface area (Å²) in [5, 5.41) is 4.45. The Morgan fingerprint density at radius 3 is 2.72 bits per heavy atom. The largest absolute Gasteiger partial charge is 0.327 e. The van der Waals surface area contributed by atoms with Crippen molar-refractivity contribution in [2.45, 2.75) is 65.5 Å². The zero-order chi connectivity index (χ0) is 13.5. The third kappa shape index (κ3) is 4.26. The number of nitrogens with zero attached hydrogens (tertiary/aromatic N) is 2. The van der Waals surface area contributed by atoms with Crippen molar-refractivity contribution in [3.05, 3.63) is 17.5 Å². The molecule has 0 fully saturated rings. The minimum atomic E-state index is 0.00569. The predicted molar refractivity (Wildman–Crippen MR) is 73.5 cm³/mol.